The van der Waals surface area contributed by atoms with E-state index < -0.39 is 6.10 Å². The average molecular weight is 335 g/mol. The van der Waals surface area contributed by atoms with Crippen LogP contribution in [-0.2, 0) is 0 Å². The second-order valence-corrected chi connectivity index (χ2v) is 6.47. The lowest BCUT2D eigenvalue weighted by atomic mass is 10.0. The Morgan fingerprint density at radius 1 is 1.48 bits per heavy atom. The Hall–Kier alpha value is -1.92. The number of aromatic amines is 1. The fourth-order valence-corrected chi connectivity index (χ4v) is 3.38. The quantitative estimate of drug-likeness (QED) is 0.798. The molecule has 0 bridgehead atoms. The molecule has 1 aliphatic rings. The Morgan fingerprint density at radius 3 is 3.00 bits per heavy atom. The maximum atomic E-state index is 12.3. The van der Waals surface area contributed by atoms with Gasteiger partial charge in [0.25, 0.3) is 5.91 Å². The molecular formula is C16H19ClN4O2. The van der Waals surface area contributed by atoms with E-state index in [0.29, 0.717) is 23.6 Å². The number of rotatable bonds is 4. The molecule has 0 radical (unpaired) electrons. The summed E-state index contributed by atoms with van der Waals surface area (Å²) in [5.41, 5.74) is 1.44. The molecule has 1 aromatic carbocycles. The van der Waals surface area contributed by atoms with Crippen molar-refractivity contribution in [1.29, 1.82) is 0 Å². The van der Waals surface area contributed by atoms with Crippen molar-refractivity contribution < 1.29 is 9.90 Å². The lowest BCUT2D eigenvalue weighted by Crippen LogP contribution is -2.32. The van der Waals surface area contributed by atoms with Crippen molar-refractivity contribution >= 4 is 17.5 Å². The number of aromatic nitrogens is 3. The van der Waals surface area contributed by atoms with Crippen molar-refractivity contribution in [1.82, 2.24) is 20.5 Å². The number of hydrogen-bond donors (Lipinski definition) is 3. The molecule has 1 saturated carbocycles. The van der Waals surface area contributed by atoms with Crippen LogP contribution in [0.1, 0.15) is 40.5 Å². The van der Waals surface area contributed by atoms with Crippen LogP contribution >= 0.6 is 11.6 Å². The number of hydrogen-bond acceptors (Lipinski definition) is 4. The zero-order valence-corrected chi connectivity index (χ0v) is 13.5. The lowest BCUT2D eigenvalue weighted by molar-refractivity contribution is 0.0916. The average Bonchev–Trinajstić information content (AvgIpc) is 3.14. The number of nitrogens with zero attached hydrogens (tertiary/aromatic N) is 2. The summed E-state index contributed by atoms with van der Waals surface area (Å²) in [5.74, 6) is 0.828. The molecule has 3 N–H and O–H groups in total. The Bertz CT molecular complexity index is 689. The highest BCUT2D eigenvalue weighted by Crippen LogP contribution is 2.36. The van der Waals surface area contributed by atoms with Crippen molar-refractivity contribution in [2.75, 3.05) is 6.54 Å². The van der Waals surface area contributed by atoms with E-state index in [1.165, 1.54) is 6.33 Å². The lowest BCUT2D eigenvalue weighted by Gasteiger charge is -2.15. The Morgan fingerprint density at radius 2 is 2.30 bits per heavy atom. The van der Waals surface area contributed by atoms with Gasteiger partial charge in [-0.25, -0.2) is 4.98 Å². The van der Waals surface area contributed by atoms with Crippen LogP contribution in [0.15, 0.2) is 24.5 Å². The van der Waals surface area contributed by atoms with Crippen LogP contribution in [-0.4, -0.2) is 38.8 Å². The topological polar surface area (TPSA) is 90.9 Å². The first-order valence-corrected chi connectivity index (χ1v) is 8.00. The van der Waals surface area contributed by atoms with Gasteiger partial charge in [-0.1, -0.05) is 11.6 Å². The number of H-pyrrole nitrogens is 1. The number of nitrogens with one attached hydrogen (secondary N) is 2. The fraction of sp³-hybridized carbons (Fsp3) is 0.438. The first kappa shape index (κ1) is 16.0. The fourth-order valence-electron chi connectivity index (χ4n) is 3.16. The van der Waals surface area contributed by atoms with Gasteiger partial charge in [0.2, 0.25) is 0 Å². The van der Waals surface area contributed by atoms with Crippen LogP contribution in [0.25, 0.3) is 0 Å². The van der Waals surface area contributed by atoms with Gasteiger partial charge in [0.15, 0.2) is 0 Å². The third-order valence-electron chi connectivity index (χ3n) is 4.44. The number of aliphatic hydroxyl groups excluding tert-OH is 1. The van der Waals surface area contributed by atoms with Gasteiger partial charge in [-0.15, -0.1) is 0 Å². The summed E-state index contributed by atoms with van der Waals surface area (Å²) in [6.45, 7) is 2.29. The molecule has 0 aliphatic heterocycles. The molecule has 23 heavy (non-hydrogen) atoms. The molecule has 6 nitrogen and oxygen atoms in total. The molecule has 3 atom stereocenters. The van der Waals surface area contributed by atoms with E-state index in [2.05, 4.69) is 20.5 Å². The molecule has 0 spiro atoms. The zero-order valence-electron chi connectivity index (χ0n) is 12.8. The predicted molar refractivity (Wildman–Crippen MR) is 86.4 cm³/mol. The van der Waals surface area contributed by atoms with Crippen LogP contribution in [0.2, 0.25) is 5.02 Å². The van der Waals surface area contributed by atoms with Gasteiger partial charge >= 0.3 is 0 Å². The van der Waals surface area contributed by atoms with E-state index in [0.717, 1.165) is 17.8 Å². The predicted octanol–water partition coefficient (Wildman–Crippen LogP) is 2.05. The molecule has 1 aliphatic carbocycles. The molecule has 7 heteroatoms. The third kappa shape index (κ3) is 3.54. The van der Waals surface area contributed by atoms with E-state index in [4.69, 9.17) is 11.6 Å². The van der Waals surface area contributed by atoms with Crippen LogP contribution < -0.4 is 5.32 Å². The summed E-state index contributed by atoms with van der Waals surface area (Å²) < 4.78 is 0. The summed E-state index contributed by atoms with van der Waals surface area (Å²) >= 11 is 5.91. The summed E-state index contributed by atoms with van der Waals surface area (Å²) in [5, 5.41) is 20.4. The van der Waals surface area contributed by atoms with Gasteiger partial charge in [0.05, 0.1) is 6.10 Å². The van der Waals surface area contributed by atoms with Crippen molar-refractivity contribution in [2.45, 2.75) is 31.8 Å². The molecule has 2 aromatic rings. The second-order valence-electron chi connectivity index (χ2n) is 6.04. The van der Waals surface area contributed by atoms with Gasteiger partial charge in [-0.2, -0.15) is 5.10 Å². The van der Waals surface area contributed by atoms with E-state index in [1.807, 2.05) is 6.92 Å². The molecule has 0 saturated heterocycles. The molecule has 1 fully saturated rings. The summed E-state index contributed by atoms with van der Waals surface area (Å²) in [6, 6.07) is 5.18. The van der Waals surface area contributed by atoms with Crippen LogP contribution in [0.3, 0.4) is 0 Å². The number of amides is 1. The number of aliphatic hydroxyl groups is 1. The van der Waals surface area contributed by atoms with Crippen LogP contribution in [0.5, 0.6) is 0 Å². The monoisotopic (exact) mass is 334 g/mol. The minimum Gasteiger partial charge on any atom is -0.393 e. The highest BCUT2D eigenvalue weighted by molar-refractivity contribution is 6.30. The largest absolute Gasteiger partial charge is 0.393 e. The normalized spacial score (nSPS) is 23.9. The van der Waals surface area contributed by atoms with Crippen molar-refractivity contribution in [3.8, 4) is 0 Å². The molecule has 122 valence electrons. The van der Waals surface area contributed by atoms with Gasteiger partial charge in [-0.05, 0) is 43.5 Å². The summed E-state index contributed by atoms with van der Waals surface area (Å²) in [7, 11) is 0. The number of aryl methyl sites for hydroxylation is 1. The van der Waals surface area contributed by atoms with Crippen molar-refractivity contribution in [3.63, 3.8) is 0 Å². The number of halogens is 1. The smallest absolute Gasteiger partial charge is 0.251 e. The number of carbonyl (C=O) groups is 1. The Kier molecular flexibility index (Phi) is 4.63. The van der Waals surface area contributed by atoms with Crippen LogP contribution in [0.4, 0.5) is 0 Å². The first-order chi connectivity index (χ1) is 11.0. The van der Waals surface area contributed by atoms with Crippen molar-refractivity contribution in [2.24, 2.45) is 5.92 Å². The standard InChI is InChI=1S/C16H19ClN4O2/c1-9-4-12(17)2-3-13(9)16(23)18-7-11-5-10(6-14(11)22)15-19-8-20-21-15/h2-4,8,10-11,14,22H,5-7H2,1H3,(H,18,23)(H,19,20,21)/t10-,11+,14+/m1/s1. The van der Waals surface area contributed by atoms with Gasteiger partial charge < -0.3 is 10.4 Å². The van der Waals surface area contributed by atoms with E-state index in [9.17, 15) is 9.90 Å². The highest BCUT2D eigenvalue weighted by atomic mass is 35.5. The highest BCUT2D eigenvalue weighted by Gasteiger charge is 2.35. The Balaban J connectivity index is 1.59. The summed E-state index contributed by atoms with van der Waals surface area (Å²) in [6.07, 6.45) is 2.43. The van der Waals surface area contributed by atoms with Crippen LogP contribution in [0, 0.1) is 12.8 Å². The minimum absolute atomic E-state index is 0.0154. The van der Waals surface area contributed by atoms with Crippen molar-refractivity contribution in [3.05, 3.63) is 46.5 Å². The minimum atomic E-state index is -0.447. The SMILES string of the molecule is Cc1cc(Cl)ccc1C(=O)NC[C@@H]1C[C@@H](c2ncn[nH]2)C[C@@H]1O. The summed E-state index contributed by atoms with van der Waals surface area (Å²) in [4.78, 5) is 16.4. The van der Waals surface area contributed by atoms with Gasteiger partial charge in [0, 0.05) is 29.0 Å². The van der Waals surface area contributed by atoms with Gasteiger partial charge in [-0.3, -0.25) is 9.89 Å². The van der Waals surface area contributed by atoms with E-state index in [-0.39, 0.29) is 17.7 Å². The van der Waals surface area contributed by atoms with E-state index >= 15 is 0 Å². The van der Waals surface area contributed by atoms with E-state index in [1.54, 1.807) is 18.2 Å². The number of benzene rings is 1. The van der Waals surface area contributed by atoms with Gasteiger partial charge in [0.1, 0.15) is 12.2 Å². The maximum Gasteiger partial charge on any atom is 0.251 e. The second kappa shape index (κ2) is 6.68. The maximum absolute atomic E-state index is 12.3. The zero-order chi connectivity index (χ0) is 16.4. The third-order valence-corrected chi connectivity index (χ3v) is 4.67. The molecular weight excluding hydrogens is 316 g/mol. The molecule has 3 rings (SSSR count). The molecule has 0 unspecified atom stereocenters. The number of carbonyl (C=O) groups excluding carboxylic acids is 1. The first-order valence-electron chi connectivity index (χ1n) is 7.62. The Labute approximate surface area is 139 Å². The molecule has 1 heterocycles. The molecule has 1 amide bonds. The molecule has 1 aromatic heterocycles.